The number of hydrazine groups is 1. The molecule has 0 radical (unpaired) electrons. The molecule has 0 unspecified atom stereocenters. The lowest BCUT2D eigenvalue weighted by Crippen LogP contribution is -2.19. The maximum Gasteiger partial charge on any atom is 0.129 e. The molecule has 0 amide bonds. The first-order chi connectivity index (χ1) is 11.7. The molecular formula is C15H16ClN5O2S. The van der Waals surface area contributed by atoms with E-state index in [4.69, 9.17) is 16.3 Å². The van der Waals surface area contributed by atoms with Crippen LogP contribution in [0.4, 0.5) is 5.69 Å². The van der Waals surface area contributed by atoms with Crippen molar-refractivity contribution in [2.75, 3.05) is 19.1 Å². The second-order valence-corrected chi connectivity index (χ2v) is 6.28. The van der Waals surface area contributed by atoms with Gasteiger partial charge in [0.2, 0.25) is 0 Å². The fourth-order valence-corrected chi connectivity index (χ4v) is 2.91. The second-order valence-electron chi connectivity index (χ2n) is 4.90. The third-order valence-corrected chi connectivity index (χ3v) is 4.22. The number of nitrogens with one attached hydrogen (secondary N) is 1. The normalized spacial score (nSPS) is 11.3. The van der Waals surface area contributed by atoms with Crippen LogP contribution in [0.25, 0.3) is 10.9 Å². The molecule has 7 nitrogen and oxygen atoms in total. The zero-order valence-corrected chi connectivity index (χ0v) is 14.5. The van der Waals surface area contributed by atoms with Crippen LogP contribution in [0.3, 0.4) is 0 Å². The fraction of sp³-hybridized carbons (Fsp3) is 0.200. The number of hydrogen-bond donors (Lipinski definition) is 2. The highest BCUT2D eigenvalue weighted by Crippen LogP contribution is 2.27. The number of hydrogen-bond acceptors (Lipinski definition) is 7. The third-order valence-electron chi connectivity index (χ3n) is 3.28. The van der Waals surface area contributed by atoms with Gasteiger partial charge in [0.15, 0.2) is 0 Å². The van der Waals surface area contributed by atoms with Gasteiger partial charge in [-0.15, -0.1) is 0 Å². The zero-order valence-electron chi connectivity index (χ0n) is 12.9. The summed E-state index contributed by atoms with van der Waals surface area (Å²) in [5.74, 6) is 0. The smallest absolute Gasteiger partial charge is 0.129 e. The van der Waals surface area contributed by atoms with Crippen LogP contribution in [0.15, 0.2) is 47.6 Å². The van der Waals surface area contributed by atoms with Crippen molar-refractivity contribution in [2.24, 2.45) is 0 Å². The number of rotatable bonds is 7. The second kappa shape index (κ2) is 7.82. The third kappa shape index (κ3) is 3.97. The molecule has 0 aliphatic heterocycles. The summed E-state index contributed by atoms with van der Waals surface area (Å²) in [4.78, 5) is 4.72. The van der Waals surface area contributed by atoms with Crippen molar-refractivity contribution < 1.29 is 9.94 Å². The highest BCUT2D eigenvalue weighted by Gasteiger charge is 2.11. The van der Waals surface area contributed by atoms with Crippen LogP contribution in [-0.2, 0) is 11.3 Å². The SMILES string of the molecule is COCCn1ncc2cccc(NN(O)Sc3ccc(Cl)nc3)c21. The minimum atomic E-state index is 0.406. The molecule has 1 aromatic carbocycles. The van der Waals surface area contributed by atoms with E-state index in [0.717, 1.165) is 38.0 Å². The van der Waals surface area contributed by atoms with Crippen molar-refractivity contribution in [3.05, 3.63) is 47.9 Å². The number of halogens is 1. The van der Waals surface area contributed by atoms with Gasteiger partial charge in [-0.2, -0.15) is 5.10 Å². The summed E-state index contributed by atoms with van der Waals surface area (Å²) in [7, 11) is 1.65. The summed E-state index contributed by atoms with van der Waals surface area (Å²) in [5.41, 5.74) is 4.57. The first-order valence-corrected chi connectivity index (χ1v) is 8.31. The van der Waals surface area contributed by atoms with Gasteiger partial charge in [-0.1, -0.05) is 23.7 Å². The van der Waals surface area contributed by atoms with Gasteiger partial charge in [0.05, 0.1) is 30.6 Å². The molecule has 0 aliphatic rings. The van der Waals surface area contributed by atoms with Gasteiger partial charge in [-0.3, -0.25) is 15.3 Å². The predicted octanol–water partition coefficient (Wildman–Crippen LogP) is 3.46. The Bertz CT molecular complexity index is 811. The average molecular weight is 366 g/mol. The van der Waals surface area contributed by atoms with E-state index in [-0.39, 0.29) is 0 Å². The highest BCUT2D eigenvalue weighted by molar-refractivity contribution is 7.96. The van der Waals surface area contributed by atoms with Crippen molar-refractivity contribution in [2.45, 2.75) is 11.4 Å². The van der Waals surface area contributed by atoms with Crippen molar-refractivity contribution in [3.8, 4) is 0 Å². The summed E-state index contributed by atoms with van der Waals surface area (Å²) < 4.78 is 7.87. The molecule has 3 rings (SSSR count). The molecule has 0 saturated heterocycles. The topological polar surface area (TPSA) is 75.4 Å². The largest absolute Gasteiger partial charge is 0.383 e. The molecule has 2 N–H and O–H groups in total. The van der Waals surface area contributed by atoms with Gasteiger partial charge in [0.1, 0.15) is 5.15 Å². The number of fused-ring (bicyclic) bond motifs is 1. The molecular weight excluding hydrogens is 350 g/mol. The lowest BCUT2D eigenvalue weighted by atomic mass is 10.2. The Kier molecular flexibility index (Phi) is 5.54. The molecule has 0 atom stereocenters. The summed E-state index contributed by atoms with van der Waals surface area (Å²) >= 11 is 6.84. The number of methoxy groups -OCH3 is 1. The standard InChI is InChI=1S/C15H16ClN5O2S/c1-23-8-7-20-15-11(9-18-20)3-2-4-13(15)19-21(22)24-12-5-6-14(16)17-10-12/h2-6,9-10,19,22H,7-8H2,1H3. The molecule has 0 bridgehead atoms. The number of nitrogens with zero attached hydrogens (tertiary/aromatic N) is 4. The van der Waals surface area contributed by atoms with E-state index in [9.17, 15) is 5.21 Å². The van der Waals surface area contributed by atoms with Crippen molar-refractivity contribution >= 4 is 40.1 Å². The lowest BCUT2D eigenvalue weighted by Gasteiger charge is -2.17. The minimum absolute atomic E-state index is 0.406. The monoisotopic (exact) mass is 365 g/mol. The molecule has 126 valence electrons. The molecule has 0 fully saturated rings. The van der Waals surface area contributed by atoms with E-state index in [0.29, 0.717) is 18.3 Å². The first-order valence-electron chi connectivity index (χ1n) is 7.16. The molecule has 3 aromatic rings. The summed E-state index contributed by atoms with van der Waals surface area (Å²) in [6.45, 7) is 1.18. The van der Waals surface area contributed by atoms with Crippen molar-refractivity contribution in [3.63, 3.8) is 0 Å². The number of aromatic nitrogens is 3. The van der Waals surface area contributed by atoms with E-state index < -0.39 is 0 Å². The predicted molar refractivity (Wildman–Crippen MR) is 94.0 cm³/mol. The molecule has 0 saturated carbocycles. The minimum Gasteiger partial charge on any atom is -0.383 e. The Labute approximate surface area is 148 Å². The zero-order chi connectivity index (χ0) is 16.9. The quantitative estimate of drug-likeness (QED) is 0.377. The molecule has 9 heteroatoms. The van der Waals surface area contributed by atoms with E-state index >= 15 is 0 Å². The van der Waals surface area contributed by atoms with Crippen molar-refractivity contribution in [1.82, 2.24) is 19.3 Å². The molecule has 24 heavy (non-hydrogen) atoms. The van der Waals surface area contributed by atoms with Crippen LogP contribution >= 0.6 is 23.5 Å². The lowest BCUT2D eigenvalue weighted by molar-refractivity contribution is 0.0439. The number of anilines is 1. The van der Waals surface area contributed by atoms with Gasteiger partial charge < -0.3 is 4.74 Å². The number of pyridine rings is 1. The average Bonchev–Trinajstić information content (AvgIpc) is 2.99. The Balaban J connectivity index is 1.78. The van der Waals surface area contributed by atoms with Gasteiger partial charge in [0, 0.05) is 35.5 Å². The number of para-hydroxylation sites is 1. The van der Waals surface area contributed by atoms with E-state index in [1.807, 2.05) is 22.9 Å². The van der Waals surface area contributed by atoms with Gasteiger partial charge in [-0.05, 0) is 22.8 Å². The molecule has 0 spiro atoms. The van der Waals surface area contributed by atoms with E-state index in [2.05, 4.69) is 15.5 Å². The van der Waals surface area contributed by atoms with Gasteiger partial charge in [0.25, 0.3) is 0 Å². The van der Waals surface area contributed by atoms with E-state index in [1.54, 1.807) is 31.6 Å². The van der Waals surface area contributed by atoms with Gasteiger partial charge in [-0.25, -0.2) is 4.98 Å². The van der Waals surface area contributed by atoms with Crippen LogP contribution < -0.4 is 5.43 Å². The summed E-state index contributed by atoms with van der Waals surface area (Å²) in [5, 5.41) is 15.9. The highest BCUT2D eigenvalue weighted by atomic mass is 35.5. The molecule has 2 aromatic heterocycles. The van der Waals surface area contributed by atoms with Crippen LogP contribution in [0.5, 0.6) is 0 Å². The van der Waals surface area contributed by atoms with Crippen LogP contribution in [-0.4, -0.2) is 38.3 Å². The number of ether oxygens (including phenoxy) is 1. The van der Waals surface area contributed by atoms with Gasteiger partial charge >= 0.3 is 0 Å². The van der Waals surface area contributed by atoms with Crippen LogP contribution in [0.2, 0.25) is 5.15 Å². The molecule has 0 aliphatic carbocycles. The number of benzene rings is 1. The Morgan fingerprint density at radius 1 is 1.33 bits per heavy atom. The Hall–Kier alpha value is -1.84. The molecule has 2 heterocycles. The first kappa shape index (κ1) is 17.0. The Morgan fingerprint density at radius 2 is 2.21 bits per heavy atom. The van der Waals surface area contributed by atoms with Crippen LogP contribution in [0, 0.1) is 0 Å². The summed E-state index contributed by atoms with van der Waals surface area (Å²) in [6, 6.07) is 9.17. The van der Waals surface area contributed by atoms with Crippen molar-refractivity contribution in [1.29, 1.82) is 0 Å². The fourth-order valence-electron chi connectivity index (χ4n) is 2.22. The van der Waals surface area contributed by atoms with Crippen LogP contribution in [0.1, 0.15) is 0 Å². The van der Waals surface area contributed by atoms with E-state index in [1.165, 1.54) is 0 Å². The maximum absolute atomic E-state index is 10.2. The Morgan fingerprint density at radius 3 is 2.96 bits per heavy atom. The maximum atomic E-state index is 10.2. The summed E-state index contributed by atoms with van der Waals surface area (Å²) in [6.07, 6.45) is 3.37.